The van der Waals surface area contributed by atoms with Crippen molar-refractivity contribution >= 4 is 11.9 Å². The Balaban J connectivity index is 0. The van der Waals surface area contributed by atoms with Crippen LogP contribution >= 0.6 is 0 Å². The molecule has 0 saturated heterocycles. The van der Waals surface area contributed by atoms with Crippen molar-refractivity contribution in [3.63, 3.8) is 0 Å². The predicted molar refractivity (Wildman–Crippen MR) is 87.1 cm³/mol. The quantitative estimate of drug-likeness (QED) is 0.258. The van der Waals surface area contributed by atoms with E-state index in [1.165, 1.54) is 32.1 Å². The second-order valence-electron chi connectivity index (χ2n) is 5.84. The normalized spacial score (nSPS) is 10.6. The summed E-state index contributed by atoms with van der Waals surface area (Å²) < 4.78 is 5.57. The number of carboxylic acid groups (broad SMARTS) is 2. The molecule has 0 aromatic rings. The Morgan fingerprint density at radius 2 is 1.50 bits per heavy atom. The maximum absolute atomic E-state index is 10.6. The summed E-state index contributed by atoms with van der Waals surface area (Å²) in [5, 5.41) is 19.2. The van der Waals surface area contributed by atoms with E-state index in [1.807, 2.05) is 4.90 Å². The number of carbonyl (C=O) groups is 2. The van der Waals surface area contributed by atoms with Crippen molar-refractivity contribution in [1.29, 1.82) is 0 Å². The third-order valence-electron chi connectivity index (χ3n) is 3.68. The summed E-state index contributed by atoms with van der Waals surface area (Å²) in [6.45, 7) is 4.93. The molecule has 0 fully saturated rings. The van der Waals surface area contributed by atoms with Gasteiger partial charge in [0.2, 0.25) is 0 Å². The smallest absolute Gasteiger partial charge is 0.550 e. The summed E-state index contributed by atoms with van der Waals surface area (Å²) >= 11 is 0. The third kappa shape index (κ3) is 19.9. The van der Waals surface area contributed by atoms with Crippen molar-refractivity contribution in [3.05, 3.63) is 0 Å². The number of carbonyl (C=O) groups excluding carboxylic acids is 1. The van der Waals surface area contributed by atoms with Gasteiger partial charge in [-0.1, -0.05) is 39.0 Å². The summed E-state index contributed by atoms with van der Waals surface area (Å²) in [7, 11) is 0. The number of rotatable bonds is 17. The molecule has 24 heavy (non-hydrogen) atoms. The fraction of sp³-hybridized carbons (Fsp3) is 0.882. The number of hydrogen-bond donors (Lipinski definition) is 1. The van der Waals surface area contributed by atoms with Gasteiger partial charge in [-0.2, -0.15) is 0 Å². The van der Waals surface area contributed by atoms with Gasteiger partial charge in [0.05, 0.1) is 6.42 Å². The molecule has 0 aliphatic rings. The van der Waals surface area contributed by atoms with E-state index in [2.05, 4.69) is 6.92 Å². The molecule has 0 atom stereocenters. The first-order valence-corrected chi connectivity index (χ1v) is 8.78. The first-order valence-electron chi connectivity index (χ1n) is 8.78. The minimum absolute atomic E-state index is 0. The van der Waals surface area contributed by atoms with E-state index in [4.69, 9.17) is 9.84 Å². The molecule has 0 aliphatic heterocycles. The fourth-order valence-electron chi connectivity index (χ4n) is 2.32. The molecule has 6 nitrogen and oxygen atoms in total. The average molecular weight is 353 g/mol. The number of ether oxygens (including phenoxy) is 1. The van der Waals surface area contributed by atoms with Crippen molar-refractivity contribution in [3.8, 4) is 0 Å². The van der Waals surface area contributed by atoms with E-state index in [0.29, 0.717) is 26.2 Å². The molecule has 0 aromatic carbocycles. The molecule has 0 saturated carbocycles. The van der Waals surface area contributed by atoms with E-state index < -0.39 is 11.9 Å². The van der Waals surface area contributed by atoms with Crippen LogP contribution in [0, 0.1) is 0 Å². The van der Waals surface area contributed by atoms with Gasteiger partial charge in [-0.15, -0.1) is 0 Å². The van der Waals surface area contributed by atoms with Crippen LogP contribution in [0.15, 0.2) is 0 Å². The van der Waals surface area contributed by atoms with Gasteiger partial charge in [0.1, 0.15) is 0 Å². The SMILES string of the molecule is CCCCCCCCOCCCN(CCC(=O)[O-])CCC(=O)O.[Na+]. The Bertz CT molecular complexity index is 297. The van der Waals surface area contributed by atoms with Crippen LogP contribution in [0.4, 0.5) is 0 Å². The van der Waals surface area contributed by atoms with Gasteiger partial charge in [0.15, 0.2) is 0 Å². The van der Waals surface area contributed by atoms with Crippen molar-refractivity contribution in [2.75, 3.05) is 32.8 Å². The van der Waals surface area contributed by atoms with Crippen molar-refractivity contribution in [2.45, 2.75) is 64.7 Å². The van der Waals surface area contributed by atoms with E-state index in [9.17, 15) is 14.7 Å². The molecule has 0 radical (unpaired) electrons. The van der Waals surface area contributed by atoms with Crippen LogP contribution in [-0.2, 0) is 14.3 Å². The van der Waals surface area contributed by atoms with Crippen LogP contribution in [0.3, 0.4) is 0 Å². The van der Waals surface area contributed by atoms with Crippen molar-refractivity contribution < 1.29 is 54.1 Å². The van der Waals surface area contributed by atoms with Gasteiger partial charge >= 0.3 is 35.5 Å². The molecule has 7 heteroatoms. The topological polar surface area (TPSA) is 89.9 Å². The first-order chi connectivity index (χ1) is 11.1. The Hall–Kier alpha value is -0.140. The van der Waals surface area contributed by atoms with E-state index >= 15 is 0 Å². The van der Waals surface area contributed by atoms with Crippen LogP contribution in [0.25, 0.3) is 0 Å². The zero-order valence-electron chi connectivity index (χ0n) is 15.4. The van der Waals surface area contributed by atoms with Gasteiger partial charge in [-0.05, 0) is 19.3 Å². The average Bonchev–Trinajstić information content (AvgIpc) is 2.50. The van der Waals surface area contributed by atoms with Gasteiger partial charge in [-0.25, -0.2) is 0 Å². The van der Waals surface area contributed by atoms with Gasteiger partial charge < -0.3 is 24.6 Å². The molecule has 136 valence electrons. The van der Waals surface area contributed by atoms with Crippen LogP contribution in [0.2, 0.25) is 0 Å². The van der Waals surface area contributed by atoms with Crippen LogP contribution in [0.5, 0.6) is 0 Å². The van der Waals surface area contributed by atoms with Crippen LogP contribution in [-0.4, -0.2) is 54.8 Å². The number of carboxylic acids is 2. The molecule has 1 N–H and O–H groups in total. The molecule has 0 amide bonds. The van der Waals surface area contributed by atoms with Gasteiger partial charge in [-0.3, -0.25) is 4.79 Å². The molecular weight excluding hydrogens is 321 g/mol. The summed E-state index contributed by atoms with van der Waals surface area (Å²) in [5.41, 5.74) is 0. The number of nitrogens with zero attached hydrogens (tertiary/aromatic N) is 1. The third-order valence-corrected chi connectivity index (χ3v) is 3.68. The zero-order chi connectivity index (χ0) is 17.3. The predicted octanol–water partition coefficient (Wildman–Crippen LogP) is -1.33. The molecule has 0 aromatic heterocycles. The molecular formula is C17H32NNaO5. The summed E-state index contributed by atoms with van der Waals surface area (Å²) in [6, 6.07) is 0. The Morgan fingerprint density at radius 1 is 0.917 bits per heavy atom. The first kappa shape index (κ1) is 26.1. The summed E-state index contributed by atoms with van der Waals surface area (Å²) in [6.07, 6.45) is 8.14. The van der Waals surface area contributed by atoms with E-state index in [1.54, 1.807) is 0 Å². The van der Waals surface area contributed by atoms with Crippen LogP contribution in [0.1, 0.15) is 64.7 Å². The largest absolute Gasteiger partial charge is 1.00 e. The Morgan fingerprint density at radius 3 is 2.12 bits per heavy atom. The van der Waals surface area contributed by atoms with Crippen LogP contribution < -0.4 is 34.7 Å². The number of aliphatic carboxylic acids is 2. The van der Waals surface area contributed by atoms with Gasteiger partial charge in [0.25, 0.3) is 0 Å². The molecule has 0 heterocycles. The summed E-state index contributed by atoms with van der Waals surface area (Å²) in [4.78, 5) is 23.0. The zero-order valence-corrected chi connectivity index (χ0v) is 17.4. The van der Waals surface area contributed by atoms with Crippen molar-refractivity contribution in [1.82, 2.24) is 4.90 Å². The maximum Gasteiger partial charge on any atom is 1.00 e. The number of hydrogen-bond acceptors (Lipinski definition) is 5. The van der Waals surface area contributed by atoms with Gasteiger partial charge in [0, 0.05) is 38.8 Å². The molecule has 0 bridgehead atoms. The summed E-state index contributed by atoms with van der Waals surface area (Å²) in [5.74, 6) is -1.98. The van der Waals surface area contributed by atoms with Crippen molar-refractivity contribution in [2.24, 2.45) is 0 Å². The molecule has 0 aliphatic carbocycles. The molecule has 0 rings (SSSR count). The Kier molecular flexibility index (Phi) is 20.9. The second kappa shape index (κ2) is 19.2. The Labute approximate surface area is 168 Å². The minimum atomic E-state index is -1.11. The van der Waals surface area contributed by atoms with E-state index in [-0.39, 0.29) is 42.4 Å². The standard InChI is InChI=1S/C17H33NO5.Na/c1-2-3-4-5-6-7-14-23-15-8-11-18(12-9-16(19)20)13-10-17(21)22;/h2-15H2,1H3,(H,19,20)(H,21,22);/q;+1/p-1. The fourth-order valence-corrected chi connectivity index (χ4v) is 2.32. The maximum atomic E-state index is 10.6. The minimum Gasteiger partial charge on any atom is -0.550 e. The second-order valence-corrected chi connectivity index (χ2v) is 5.84. The molecule has 0 unspecified atom stereocenters. The number of unbranched alkanes of at least 4 members (excludes halogenated alkanes) is 5. The molecule has 0 spiro atoms. The monoisotopic (exact) mass is 353 g/mol. The van der Waals surface area contributed by atoms with E-state index in [0.717, 1.165) is 19.4 Å².